The van der Waals surface area contributed by atoms with E-state index in [-0.39, 0.29) is 18.0 Å². The van der Waals surface area contributed by atoms with Gasteiger partial charge >= 0.3 is 0 Å². The molecule has 1 amide bonds. The third kappa shape index (κ3) is 3.74. The lowest BCUT2D eigenvalue weighted by Gasteiger charge is -2.35. The van der Waals surface area contributed by atoms with Gasteiger partial charge in [0.1, 0.15) is 0 Å². The van der Waals surface area contributed by atoms with Crippen molar-refractivity contribution in [2.45, 2.75) is 25.9 Å². The van der Waals surface area contributed by atoms with Crippen LogP contribution in [0.25, 0.3) is 0 Å². The van der Waals surface area contributed by atoms with E-state index < -0.39 is 0 Å². The van der Waals surface area contributed by atoms with Gasteiger partial charge in [0.2, 0.25) is 5.91 Å². The maximum atomic E-state index is 12.5. The molecular formula is C16H25N3O2. The van der Waals surface area contributed by atoms with Crippen molar-refractivity contribution in [2.24, 2.45) is 0 Å². The molecule has 116 valence electrons. The number of morpholine rings is 1. The van der Waals surface area contributed by atoms with Crippen molar-refractivity contribution in [1.82, 2.24) is 9.80 Å². The number of amides is 1. The summed E-state index contributed by atoms with van der Waals surface area (Å²) >= 11 is 0. The summed E-state index contributed by atoms with van der Waals surface area (Å²) in [5.41, 5.74) is 7.72. The number of anilines is 1. The van der Waals surface area contributed by atoms with Crippen LogP contribution in [0.4, 0.5) is 5.69 Å². The number of nitrogens with zero attached hydrogens (tertiary/aromatic N) is 2. The van der Waals surface area contributed by atoms with Crippen LogP contribution >= 0.6 is 0 Å². The monoisotopic (exact) mass is 291 g/mol. The Kier molecular flexibility index (Phi) is 5.20. The molecule has 1 saturated heterocycles. The Morgan fingerprint density at radius 1 is 1.33 bits per heavy atom. The van der Waals surface area contributed by atoms with Crippen LogP contribution in [0.15, 0.2) is 24.3 Å². The smallest absolute Gasteiger partial charge is 0.239 e. The standard InChI is InChI=1S/C16H25N3O2/c1-12(14-5-4-6-15(17)11-14)18(3)13(2)16(20)19-7-9-21-10-8-19/h4-6,11-13H,7-10,17H2,1-3H3. The Hall–Kier alpha value is -1.59. The van der Waals surface area contributed by atoms with Crippen LogP contribution in [0.5, 0.6) is 0 Å². The molecule has 5 heteroatoms. The normalized spacial score (nSPS) is 18.6. The van der Waals surface area contributed by atoms with E-state index in [1.807, 2.05) is 43.1 Å². The molecule has 2 atom stereocenters. The number of ether oxygens (including phenoxy) is 1. The highest BCUT2D eigenvalue weighted by molar-refractivity contribution is 5.81. The molecule has 1 aliphatic rings. The Labute approximate surface area is 126 Å². The zero-order valence-electron chi connectivity index (χ0n) is 13.1. The molecule has 1 fully saturated rings. The van der Waals surface area contributed by atoms with Gasteiger partial charge in [-0.1, -0.05) is 12.1 Å². The van der Waals surface area contributed by atoms with E-state index in [1.54, 1.807) is 0 Å². The summed E-state index contributed by atoms with van der Waals surface area (Å²) in [5.74, 6) is 0.163. The average molecular weight is 291 g/mol. The maximum absolute atomic E-state index is 12.5. The fourth-order valence-corrected chi connectivity index (χ4v) is 2.61. The van der Waals surface area contributed by atoms with Crippen LogP contribution in [-0.2, 0) is 9.53 Å². The number of nitrogens with two attached hydrogens (primary N) is 1. The molecule has 2 N–H and O–H groups in total. The molecule has 1 heterocycles. The second-order valence-corrected chi connectivity index (χ2v) is 5.63. The molecule has 1 aliphatic heterocycles. The van der Waals surface area contributed by atoms with Gasteiger partial charge in [0.05, 0.1) is 19.3 Å². The van der Waals surface area contributed by atoms with Crippen molar-refractivity contribution in [3.63, 3.8) is 0 Å². The quantitative estimate of drug-likeness (QED) is 0.854. The molecule has 5 nitrogen and oxygen atoms in total. The summed E-state index contributed by atoms with van der Waals surface area (Å²) < 4.78 is 5.30. The predicted octanol–water partition coefficient (Wildman–Crippen LogP) is 1.51. The Bertz CT molecular complexity index is 486. The average Bonchev–Trinajstić information content (AvgIpc) is 2.53. The molecule has 0 bridgehead atoms. The molecule has 0 radical (unpaired) electrons. The molecule has 1 aromatic rings. The van der Waals surface area contributed by atoms with Gasteiger partial charge in [-0.25, -0.2) is 0 Å². The van der Waals surface area contributed by atoms with Crippen molar-refractivity contribution in [3.8, 4) is 0 Å². The van der Waals surface area contributed by atoms with E-state index >= 15 is 0 Å². The first kappa shape index (κ1) is 15.8. The SMILES string of the molecule is CC(C(=O)N1CCOCC1)N(C)C(C)c1cccc(N)c1. The highest BCUT2D eigenvalue weighted by Crippen LogP contribution is 2.23. The van der Waals surface area contributed by atoms with Gasteiger partial charge < -0.3 is 15.4 Å². The van der Waals surface area contributed by atoms with Crippen LogP contribution in [-0.4, -0.2) is 55.1 Å². The van der Waals surface area contributed by atoms with Gasteiger partial charge in [-0.15, -0.1) is 0 Å². The zero-order chi connectivity index (χ0) is 15.4. The van der Waals surface area contributed by atoms with E-state index in [1.165, 1.54) is 0 Å². The zero-order valence-corrected chi connectivity index (χ0v) is 13.1. The second kappa shape index (κ2) is 6.91. The Morgan fingerprint density at radius 3 is 2.62 bits per heavy atom. The van der Waals surface area contributed by atoms with Gasteiger partial charge in [-0.3, -0.25) is 9.69 Å². The van der Waals surface area contributed by atoms with Crippen molar-refractivity contribution in [2.75, 3.05) is 39.1 Å². The first-order chi connectivity index (χ1) is 10.0. The summed E-state index contributed by atoms with van der Waals surface area (Å²) in [4.78, 5) is 16.5. The number of hydrogen-bond donors (Lipinski definition) is 1. The molecule has 2 rings (SSSR count). The third-order valence-corrected chi connectivity index (χ3v) is 4.30. The van der Waals surface area contributed by atoms with E-state index in [2.05, 4.69) is 11.8 Å². The van der Waals surface area contributed by atoms with E-state index in [9.17, 15) is 4.79 Å². The molecule has 21 heavy (non-hydrogen) atoms. The van der Waals surface area contributed by atoms with Crippen LogP contribution < -0.4 is 5.73 Å². The highest BCUT2D eigenvalue weighted by Gasteiger charge is 2.28. The molecule has 0 aliphatic carbocycles. The fourth-order valence-electron chi connectivity index (χ4n) is 2.61. The highest BCUT2D eigenvalue weighted by atomic mass is 16.5. The van der Waals surface area contributed by atoms with Crippen molar-refractivity contribution < 1.29 is 9.53 Å². The van der Waals surface area contributed by atoms with E-state index in [4.69, 9.17) is 10.5 Å². The fraction of sp³-hybridized carbons (Fsp3) is 0.562. The second-order valence-electron chi connectivity index (χ2n) is 5.63. The minimum absolute atomic E-state index is 0.133. The first-order valence-corrected chi connectivity index (χ1v) is 7.44. The lowest BCUT2D eigenvalue weighted by Crippen LogP contribution is -2.50. The number of nitrogen functional groups attached to an aromatic ring is 1. The molecule has 1 aromatic carbocycles. The lowest BCUT2D eigenvalue weighted by atomic mass is 10.0. The van der Waals surface area contributed by atoms with Crippen molar-refractivity contribution in [3.05, 3.63) is 29.8 Å². The van der Waals surface area contributed by atoms with Crippen LogP contribution in [0, 0.1) is 0 Å². The lowest BCUT2D eigenvalue weighted by molar-refractivity contribution is -0.140. The largest absolute Gasteiger partial charge is 0.399 e. The van der Waals surface area contributed by atoms with Crippen LogP contribution in [0.1, 0.15) is 25.5 Å². The number of hydrogen-bond acceptors (Lipinski definition) is 4. The maximum Gasteiger partial charge on any atom is 0.239 e. The number of carbonyl (C=O) groups excluding carboxylic acids is 1. The molecule has 2 unspecified atom stereocenters. The van der Waals surface area contributed by atoms with Crippen LogP contribution in [0.3, 0.4) is 0 Å². The van der Waals surface area contributed by atoms with Crippen LogP contribution in [0.2, 0.25) is 0 Å². The minimum atomic E-state index is -0.167. The first-order valence-electron chi connectivity index (χ1n) is 7.44. The van der Waals surface area contributed by atoms with Gasteiger partial charge in [-0.2, -0.15) is 0 Å². The Balaban J connectivity index is 2.03. The van der Waals surface area contributed by atoms with Gasteiger partial charge in [0.15, 0.2) is 0 Å². The molecule has 0 saturated carbocycles. The van der Waals surface area contributed by atoms with E-state index in [0.717, 1.165) is 11.3 Å². The van der Waals surface area contributed by atoms with E-state index in [0.29, 0.717) is 26.3 Å². The number of benzene rings is 1. The third-order valence-electron chi connectivity index (χ3n) is 4.30. The molecular weight excluding hydrogens is 266 g/mol. The summed E-state index contributed by atoms with van der Waals surface area (Å²) in [6, 6.07) is 7.80. The van der Waals surface area contributed by atoms with Crippen molar-refractivity contribution in [1.29, 1.82) is 0 Å². The number of likely N-dealkylation sites (N-methyl/N-ethyl adjacent to an activating group) is 1. The van der Waals surface area contributed by atoms with Gasteiger partial charge in [-0.05, 0) is 38.6 Å². The summed E-state index contributed by atoms with van der Waals surface area (Å²) in [5, 5.41) is 0. The summed E-state index contributed by atoms with van der Waals surface area (Å²) in [6.07, 6.45) is 0. The van der Waals surface area contributed by atoms with Gasteiger partial charge in [0, 0.05) is 24.8 Å². The minimum Gasteiger partial charge on any atom is -0.399 e. The topological polar surface area (TPSA) is 58.8 Å². The molecule has 0 spiro atoms. The molecule has 0 aromatic heterocycles. The number of carbonyl (C=O) groups is 1. The summed E-state index contributed by atoms with van der Waals surface area (Å²) in [6.45, 7) is 6.69. The number of rotatable bonds is 4. The predicted molar refractivity (Wildman–Crippen MR) is 83.9 cm³/mol. The Morgan fingerprint density at radius 2 is 2.00 bits per heavy atom. The summed E-state index contributed by atoms with van der Waals surface area (Å²) in [7, 11) is 1.98. The van der Waals surface area contributed by atoms with Gasteiger partial charge in [0.25, 0.3) is 0 Å². The van der Waals surface area contributed by atoms with Crippen molar-refractivity contribution >= 4 is 11.6 Å².